The predicted octanol–water partition coefficient (Wildman–Crippen LogP) is 3.15. The van der Waals surface area contributed by atoms with Crippen molar-refractivity contribution in [1.82, 2.24) is 5.32 Å². The number of carbonyl (C=O) groups excluding carboxylic acids is 3. The van der Waals surface area contributed by atoms with Gasteiger partial charge in [-0.2, -0.15) is 0 Å². The molecule has 2 N–H and O–H groups in total. The summed E-state index contributed by atoms with van der Waals surface area (Å²) in [7, 11) is 0. The first kappa shape index (κ1) is 19.0. The van der Waals surface area contributed by atoms with Gasteiger partial charge in [-0.3, -0.25) is 14.4 Å². The quantitative estimate of drug-likeness (QED) is 0.722. The number of carbonyl (C=O) groups is 3. The molecular formula is C17H17ClN2O4S. The molecule has 0 spiro atoms. The van der Waals surface area contributed by atoms with E-state index in [1.807, 2.05) is 17.5 Å². The molecule has 1 atom stereocenters. The number of benzene rings is 1. The highest BCUT2D eigenvalue weighted by molar-refractivity contribution is 7.10. The molecular weight excluding hydrogens is 364 g/mol. The Bertz CT molecular complexity index is 749. The maximum Gasteiger partial charge on any atom is 0.308 e. The predicted molar refractivity (Wildman–Crippen MR) is 96.5 cm³/mol. The molecule has 2 amide bonds. The van der Waals surface area contributed by atoms with Crippen LogP contribution in [0.5, 0.6) is 0 Å². The van der Waals surface area contributed by atoms with Crippen LogP contribution in [0.3, 0.4) is 0 Å². The Morgan fingerprint density at radius 3 is 2.68 bits per heavy atom. The zero-order chi connectivity index (χ0) is 18.2. The number of nitrogens with one attached hydrogen (secondary N) is 2. The van der Waals surface area contributed by atoms with Gasteiger partial charge >= 0.3 is 5.97 Å². The molecule has 6 nitrogen and oxygen atoms in total. The van der Waals surface area contributed by atoms with Crippen LogP contribution in [0.15, 0.2) is 41.8 Å². The van der Waals surface area contributed by atoms with E-state index in [0.29, 0.717) is 10.7 Å². The third-order valence-corrected chi connectivity index (χ3v) is 4.33. The van der Waals surface area contributed by atoms with Crippen molar-refractivity contribution in [3.63, 3.8) is 0 Å². The molecule has 0 bridgehead atoms. The van der Waals surface area contributed by atoms with E-state index in [2.05, 4.69) is 10.6 Å². The van der Waals surface area contributed by atoms with Crippen LogP contribution >= 0.6 is 22.9 Å². The first-order valence-electron chi connectivity index (χ1n) is 7.45. The number of ether oxygens (including phenoxy) is 1. The fraction of sp³-hybridized carbons (Fsp3) is 0.235. The van der Waals surface area contributed by atoms with Crippen LogP contribution in [0.25, 0.3) is 0 Å². The smallest absolute Gasteiger partial charge is 0.308 e. The van der Waals surface area contributed by atoms with E-state index >= 15 is 0 Å². The van der Waals surface area contributed by atoms with Gasteiger partial charge in [0.05, 0.1) is 12.5 Å². The molecule has 0 radical (unpaired) electrons. The average Bonchev–Trinajstić information content (AvgIpc) is 3.06. The number of hydrogen-bond acceptors (Lipinski definition) is 5. The summed E-state index contributed by atoms with van der Waals surface area (Å²) in [4.78, 5) is 35.9. The number of hydrogen-bond donors (Lipinski definition) is 2. The van der Waals surface area contributed by atoms with Gasteiger partial charge in [-0.15, -0.1) is 11.3 Å². The van der Waals surface area contributed by atoms with Gasteiger partial charge < -0.3 is 15.4 Å². The van der Waals surface area contributed by atoms with Crippen LogP contribution in [-0.2, 0) is 19.1 Å². The molecule has 1 aromatic heterocycles. The van der Waals surface area contributed by atoms with Crippen LogP contribution in [0.1, 0.15) is 24.3 Å². The monoisotopic (exact) mass is 380 g/mol. The summed E-state index contributed by atoms with van der Waals surface area (Å²) >= 11 is 7.26. The molecule has 2 aromatic rings. The fourth-order valence-electron chi connectivity index (χ4n) is 2.09. The van der Waals surface area contributed by atoms with Crippen molar-refractivity contribution in [3.05, 3.63) is 51.7 Å². The summed E-state index contributed by atoms with van der Waals surface area (Å²) in [6.07, 6.45) is -0.0511. The SMILES string of the molecule is CC(=O)NC(CC(=O)OCC(=O)Nc1cccc(Cl)c1)c1cccs1. The highest BCUT2D eigenvalue weighted by Gasteiger charge is 2.19. The molecule has 0 fully saturated rings. The van der Waals surface area contributed by atoms with Gasteiger partial charge in [0.25, 0.3) is 5.91 Å². The number of esters is 1. The number of halogens is 1. The van der Waals surface area contributed by atoms with Crippen molar-refractivity contribution in [2.45, 2.75) is 19.4 Å². The van der Waals surface area contributed by atoms with Gasteiger partial charge in [0.15, 0.2) is 6.61 Å². The van der Waals surface area contributed by atoms with Crippen LogP contribution in [-0.4, -0.2) is 24.4 Å². The lowest BCUT2D eigenvalue weighted by Crippen LogP contribution is -2.29. The van der Waals surface area contributed by atoms with E-state index in [1.165, 1.54) is 18.3 Å². The third kappa shape index (κ3) is 6.56. The molecule has 1 aromatic carbocycles. The van der Waals surface area contributed by atoms with Crippen LogP contribution in [0.4, 0.5) is 5.69 Å². The van der Waals surface area contributed by atoms with Crippen LogP contribution in [0.2, 0.25) is 5.02 Å². The van der Waals surface area contributed by atoms with Crippen LogP contribution in [0, 0.1) is 0 Å². The Morgan fingerprint density at radius 2 is 2.04 bits per heavy atom. The third-order valence-electron chi connectivity index (χ3n) is 3.11. The summed E-state index contributed by atoms with van der Waals surface area (Å²) in [5.41, 5.74) is 0.517. The molecule has 1 heterocycles. The fourth-order valence-corrected chi connectivity index (χ4v) is 3.06. The first-order chi connectivity index (χ1) is 11.9. The Balaban J connectivity index is 1.84. The van der Waals surface area contributed by atoms with Crippen molar-refractivity contribution in [2.75, 3.05) is 11.9 Å². The van der Waals surface area contributed by atoms with E-state index < -0.39 is 24.5 Å². The number of amides is 2. The second-order valence-electron chi connectivity index (χ2n) is 5.19. The molecule has 1 unspecified atom stereocenters. The second kappa shape index (κ2) is 9.19. The lowest BCUT2D eigenvalue weighted by Gasteiger charge is -2.15. The van der Waals surface area contributed by atoms with Gasteiger partial charge in [0, 0.05) is 22.5 Å². The van der Waals surface area contributed by atoms with E-state index in [9.17, 15) is 14.4 Å². The normalized spacial score (nSPS) is 11.4. The van der Waals surface area contributed by atoms with Crippen molar-refractivity contribution < 1.29 is 19.1 Å². The standard InChI is InChI=1S/C17H17ClN2O4S/c1-11(21)19-14(15-6-3-7-25-15)9-17(23)24-10-16(22)20-13-5-2-4-12(18)8-13/h2-8,14H,9-10H2,1H3,(H,19,21)(H,20,22). The van der Waals surface area contributed by atoms with E-state index in [1.54, 1.807) is 24.3 Å². The van der Waals surface area contributed by atoms with Crippen molar-refractivity contribution in [3.8, 4) is 0 Å². The van der Waals surface area contributed by atoms with Crippen molar-refractivity contribution >= 4 is 46.4 Å². The minimum atomic E-state index is -0.576. The first-order valence-corrected chi connectivity index (χ1v) is 8.71. The average molecular weight is 381 g/mol. The highest BCUT2D eigenvalue weighted by Crippen LogP contribution is 2.22. The largest absolute Gasteiger partial charge is 0.455 e. The number of anilines is 1. The molecule has 0 aliphatic carbocycles. The van der Waals surface area contributed by atoms with Crippen molar-refractivity contribution in [1.29, 1.82) is 0 Å². The summed E-state index contributed by atoms with van der Waals surface area (Å²) in [6, 6.07) is 9.83. The molecule has 0 saturated heterocycles. The van der Waals surface area contributed by atoms with Crippen molar-refractivity contribution in [2.24, 2.45) is 0 Å². The van der Waals surface area contributed by atoms with Gasteiger partial charge in [-0.05, 0) is 29.6 Å². The molecule has 0 aliphatic rings. The highest BCUT2D eigenvalue weighted by atomic mass is 35.5. The molecule has 132 valence electrons. The molecule has 0 aliphatic heterocycles. The second-order valence-corrected chi connectivity index (χ2v) is 6.61. The van der Waals surface area contributed by atoms with E-state index in [0.717, 1.165) is 4.88 Å². The number of rotatable bonds is 7. The Morgan fingerprint density at radius 1 is 1.24 bits per heavy atom. The molecule has 0 saturated carbocycles. The Hall–Kier alpha value is -2.38. The maximum atomic E-state index is 12.0. The minimum absolute atomic E-state index is 0.0511. The van der Waals surface area contributed by atoms with Gasteiger partial charge in [0.2, 0.25) is 5.91 Å². The maximum absolute atomic E-state index is 12.0. The summed E-state index contributed by atoms with van der Waals surface area (Å²) < 4.78 is 4.99. The molecule has 25 heavy (non-hydrogen) atoms. The zero-order valence-electron chi connectivity index (χ0n) is 13.5. The van der Waals surface area contributed by atoms with E-state index in [4.69, 9.17) is 16.3 Å². The molecule has 2 rings (SSSR count). The Kier molecular flexibility index (Phi) is 6.97. The minimum Gasteiger partial charge on any atom is -0.455 e. The zero-order valence-corrected chi connectivity index (χ0v) is 15.0. The summed E-state index contributed by atoms with van der Waals surface area (Å²) in [5, 5.41) is 7.63. The lowest BCUT2D eigenvalue weighted by atomic mass is 10.1. The van der Waals surface area contributed by atoms with Gasteiger partial charge in [-0.1, -0.05) is 23.7 Å². The molecule has 8 heteroatoms. The lowest BCUT2D eigenvalue weighted by molar-refractivity contribution is -0.147. The topological polar surface area (TPSA) is 84.5 Å². The summed E-state index contributed by atoms with van der Waals surface area (Å²) in [5.74, 6) is -1.29. The van der Waals surface area contributed by atoms with Gasteiger partial charge in [-0.25, -0.2) is 0 Å². The summed E-state index contributed by atoms with van der Waals surface area (Å²) in [6.45, 7) is 0.965. The Labute approximate surface area is 154 Å². The van der Waals surface area contributed by atoms with Gasteiger partial charge in [0.1, 0.15) is 0 Å². The van der Waals surface area contributed by atoms with E-state index in [-0.39, 0.29) is 12.3 Å². The number of thiophene rings is 1. The van der Waals surface area contributed by atoms with Crippen LogP contribution < -0.4 is 10.6 Å².